The summed E-state index contributed by atoms with van der Waals surface area (Å²) in [5.41, 5.74) is 0.968. The number of piperidine rings is 1. The van der Waals surface area contributed by atoms with Gasteiger partial charge < -0.3 is 14.6 Å². The van der Waals surface area contributed by atoms with Crippen molar-refractivity contribution in [3.8, 4) is 5.75 Å². The van der Waals surface area contributed by atoms with E-state index in [0.29, 0.717) is 10.9 Å². The van der Waals surface area contributed by atoms with E-state index in [4.69, 9.17) is 16.3 Å². The number of nitrogens with one attached hydrogen (secondary N) is 2. The molecule has 1 aromatic rings. The smallest absolute Gasteiger partial charge is 0.136 e. The minimum absolute atomic E-state index is 0.0623. The average Bonchev–Trinajstić information content (AvgIpc) is 2.54. The van der Waals surface area contributed by atoms with Crippen molar-refractivity contribution in [1.29, 1.82) is 0 Å². The molecule has 7 heteroatoms. The Morgan fingerprint density at radius 1 is 1.38 bits per heavy atom. The van der Waals surface area contributed by atoms with Gasteiger partial charge in [0, 0.05) is 21.4 Å². The molecular weight excluding hydrogens is 412 g/mol. The van der Waals surface area contributed by atoms with Gasteiger partial charge in [0.05, 0.1) is 18.2 Å². The maximum absolute atomic E-state index is 12.7. The van der Waals surface area contributed by atoms with E-state index in [-0.39, 0.29) is 10.8 Å². The molecule has 24 heavy (non-hydrogen) atoms. The summed E-state index contributed by atoms with van der Waals surface area (Å²) in [6, 6.07) is 3.74. The van der Waals surface area contributed by atoms with Crippen LogP contribution in [0.3, 0.4) is 0 Å². The second kappa shape index (κ2) is 8.60. The third kappa shape index (κ3) is 5.02. The lowest BCUT2D eigenvalue weighted by Crippen LogP contribution is -2.45. The van der Waals surface area contributed by atoms with Gasteiger partial charge in [-0.3, -0.25) is 0 Å². The summed E-state index contributed by atoms with van der Waals surface area (Å²) in [6.45, 7) is 7.86. The first-order valence-corrected chi connectivity index (χ1v) is 10.5. The van der Waals surface area contributed by atoms with Gasteiger partial charge in [0.1, 0.15) is 10.5 Å². The lowest BCUT2D eigenvalue weighted by Gasteiger charge is -2.35. The standard InChI is InChI=1S/C17H26BrClN2O2S/c1-17(2,3)24(22)21-16(11-5-7-20-8-6-11)12-9-14(19)13(18)10-15(12)23-4/h9-11,16,20-21H,5-8H2,1-4H3/t16?,24-/m0/s1. The molecule has 2 N–H and O–H groups in total. The van der Waals surface area contributed by atoms with Gasteiger partial charge in [0.25, 0.3) is 0 Å². The van der Waals surface area contributed by atoms with E-state index in [0.717, 1.165) is 41.7 Å². The van der Waals surface area contributed by atoms with Crippen LogP contribution >= 0.6 is 27.5 Å². The number of methoxy groups -OCH3 is 1. The van der Waals surface area contributed by atoms with Crippen LogP contribution < -0.4 is 14.8 Å². The Bertz CT molecular complexity index is 562. The molecule has 1 aliphatic heterocycles. The second-order valence-electron chi connectivity index (χ2n) is 7.07. The van der Waals surface area contributed by atoms with Crippen LogP contribution in [0.2, 0.25) is 5.02 Å². The Morgan fingerprint density at radius 2 is 2.00 bits per heavy atom. The fourth-order valence-electron chi connectivity index (χ4n) is 2.85. The molecule has 0 saturated carbocycles. The maximum atomic E-state index is 12.7. The van der Waals surface area contributed by atoms with E-state index in [2.05, 4.69) is 26.0 Å². The second-order valence-corrected chi connectivity index (χ2v) is 10.3. The molecule has 0 radical (unpaired) electrons. The summed E-state index contributed by atoms with van der Waals surface area (Å²) < 4.78 is 22.1. The number of rotatable bonds is 5. The van der Waals surface area contributed by atoms with Crippen molar-refractivity contribution < 1.29 is 9.29 Å². The van der Waals surface area contributed by atoms with Crippen molar-refractivity contribution in [3.05, 3.63) is 27.2 Å². The third-order valence-electron chi connectivity index (χ3n) is 4.25. The highest BCUT2D eigenvalue weighted by Gasteiger charge is 2.35. The molecule has 4 nitrogen and oxygen atoms in total. The normalized spacial score (nSPS) is 19.1. The summed E-state index contributed by atoms with van der Waals surface area (Å²) in [7, 11) is 1.65. The van der Waals surface area contributed by atoms with Gasteiger partial charge in [0.15, 0.2) is 0 Å². The van der Waals surface area contributed by atoms with E-state index in [1.165, 1.54) is 0 Å². The fourth-order valence-corrected chi connectivity index (χ4v) is 4.25. The summed E-state index contributed by atoms with van der Waals surface area (Å²) in [6.07, 6.45) is 2.05. The fraction of sp³-hybridized carbons (Fsp3) is 0.647. The van der Waals surface area contributed by atoms with Crippen LogP contribution in [-0.4, -0.2) is 29.5 Å². The zero-order valence-electron chi connectivity index (χ0n) is 14.6. The zero-order valence-corrected chi connectivity index (χ0v) is 17.8. The predicted octanol–water partition coefficient (Wildman–Crippen LogP) is 4.20. The minimum Gasteiger partial charge on any atom is -0.598 e. The molecule has 0 aromatic heterocycles. The molecule has 2 rings (SSSR count). The van der Waals surface area contributed by atoms with Gasteiger partial charge in [-0.15, -0.1) is 4.72 Å². The lowest BCUT2D eigenvalue weighted by molar-refractivity contribution is 0.297. The van der Waals surface area contributed by atoms with Crippen LogP contribution in [0.15, 0.2) is 16.6 Å². The van der Waals surface area contributed by atoms with Gasteiger partial charge in [-0.2, -0.15) is 0 Å². The molecule has 1 heterocycles. The molecule has 1 aromatic carbocycles. The largest absolute Gasteiger partial charge is 0.598 e. The molecule has 1 saturated heterocycles. The van der Waals surface area contributed by atoms with Crippen LogP contribution in [0.25, 0.3) is 0 Å². The zero-order chi connectivity index (χ0) is 17.9. The first-order valence-electron chi connectivity index (χ1n) is 8.15. The van der Waals surface area contributed by atoms with E-state index in [1.807, 2.05) is 32.9 Å². The molecule has 0 aliphatic carbocycles. The molecule has 0 bridgehead atoms. The van der Waals surface area contributed by atoms with E-state index in [9.17, 15) is 4.55 Å². The van der Waals surface area contributed by atoms with E-state index < -0.39 is 11.4 Å². The van der Waals surface area contributed by atoms with Gasteiger partial charge in [-0.05, 0) is 80.7 Å². The quantitative estimate of drug-likeness (QED) is 0.678. The Morgan fingerprint density at radius 3 is 2.54 bits per heavy atom. The molecule has 2 atom stereocenters. The van der Waals surface area contributed by atoms with Gasteiger partial charge in [-0.25, -0.2) is 0 Å². The Hall–Kier alpha value is 0.0200. The average molecular weight is 438 g/mol. The summed E-state index contributed by atoms with van der Waals surface area (Å²) in [5.74, 6) is 1.14. The summed E-state index contributed by atoms with van der Waals surface area (Å²) in [4.78, 5) is 0. The first kappa shape index (κ1) is 20.3. The van der Waals surface area contributed by atoms with Crippen LogP contribution in [-0.2, 0) is 11.4 Å². The monoisotopic (exact) mass is 436 g/mol. The van der Waals surface area contributed by atoms with Gasteiger partial charge in [0.2, 0.25) is 0 Å². The predicted molar refractivity (Wildman–Crippen MR) is 105 cm³/mol. The van der Waals surface area contributed by atoms with Crippen LogP contribution in [0.4, 0.5) is 0 Å². The molecule has 0 amide bonds. The SMILES string of the molecule is COc1cc(Br)c(Cl)cc1C(N[S@@+]([O-])C(C)(C)C)C1CCNCC1. The number of hydrogen-bond donors (Lipinski definition) is 2. The third-order valence-corrected chi connectivity index (χ3v) is 7.03. The Balaban J connectivity index is 2.39. The van der Waals surface area contributed by atoms with Crippen molar-refractivity contribution in [2.45, 2.75) is 44.4 Å². The number of halogens is 2. The lowest BCUT2D eigenvalue weighted by atomic mass is 9.86. The highest BCUT2D eigenvalue weighted by atomic mass is 79.9. The van der Waals surface area contributed by atoms with E-state index in [1.54, 1.807) is 7.11 Å². The Kier molecular flexibility index (Phi) is 7.29. The van der Waals surface area contributed by atoms with Gasteiger partial charge >= 0.3 is 0 Å². The molecule has 1 fully saturated rings. The highest BCUT2D eigenvalue weighted by molar-refractivity contribution is 9.10. The highest BCUT2D eigenvalue weighted by Crippen LogP contribution is 2.40. The molecular formula is C17H26BrClN2O2S. The summed E-state index contributed by atoms with van der Waals surface area (Å²) in [5, 5.41) is 4.02. The van der Waals surface area contributed by atoms with Crippen molar-refractivity contribution in [3.63, 3.8) is 0 Å². The first-order chi connectivity index (χ1) is 11.2. The molecule has 0 spiro atoms. The number of ether oxygens (including phenoxy) is 1. The molecule has 1 aliphatic rings. The molecule has 1 unspecified atom stereocenters. The van der Waals surface area contributed by atoms with Crippen LogP contribution in [0, 0.1) is 5.92 Å². The van der Waals surface area contributed by atoms with Crippen molar-refractivity contribution >= 4 is 38.9 Å². The van der Waals surface area contributed by atoms with Crippen molar-refractivity contribution in [1.82, 2.24) is 10.0 Å². The maximum Gasteiger partial charge on any atom is 0.136 e. The number of benzene rings is 1. The van der Waals surface area contributed by atoms with Gasteiger partial charge in [-0.1, -0.05) is 11.6 Å². The summed E-state index contributed by atoms with van der Waals surface area (Å²) >= 11 is 8.61. The molecule has 136 valence electrons. The van der Waals surface area contributed by atoms with Crippen molar-refractivity contribution in [2.75, 3.05) is 20.2 Å². The number of hydrogen-bond acceptors (Lipinski definition) is 4. The van der Waals surface area contributed by atoms with Crippen LogP contribution in [0.1, 0.15) is 45.2 Å². The van der Waals surface area contributed by atoms with Crippen molar-refractivity contribution in [2.24, 2.45) is 5.92 Å². The van der Waals surface area contributed by atoms with E-state index >= 15 is 0 Å². The Labute approximate surface area is 161 Å². The van der Waals surface area contributed by atoms with Crippen LogP contribution in [0.5, 0.6) is 5.75 Å². The topological polar surface area (TPSA) is 56.3 Å². The minimum atomic E-state index is -1.17.